The summed E-state index contributed by atoms with van der Waals surface area (Å²) in [6.07, 6.45) is 0.725. The van der Waals surface area contributed by atoms with Crippen LogP contribution in [0.1, 0.15) is 18.9 Å². The molecule has 2 nitrogen and oxygen atoms in total. The van der Waals surface area contributed by atoms with Crippen LogP contribution in [0, 0.1) is 6.92 Å². The van der Waals surface area contributed by atoms with Gasteiger partial charge in [-0.15, -0.1) is 0 Å². The molecule has 0 aromatic heterocycles. The fourth-order valence-corrected chi connectivity index (χ4v) is 1.54. The SMILES string of the molecule is Cc1ccc(NC(C)CC(N)=S)cc1. The molecular weight excluding hydrogens is 192 g/mol. The van der Waals surface area contributed by atoms with Gasteiger partial charge in [-0.3, -0.25) is 0 Å². The number of anilines is 1. The lowest BCUT2D eigenvalue weighted by atomic mass is 10.2. The summed E-state index contributed by atoms with van der Waals surface area (Å²) < 4.78 is 0. The number of hydrogen-bond acceptors (Lipinski definition) is 2. The monoisotopic (exact) mass is 208 g/mol. The Kier molecular flexibility index (Phi) is 3.89. The van der Waals surface area contributed by atoms with Crippen LogP contribution in [0.3, 0.4) is 0 Å². The minimum Gasteiger partial charge on any atom is -0.393 e. The van der Waals surface area contributed by atoms with Gasteiger partial charge in [0.25, 0.3) is 0 Å². The van der Waals surface area contributed by atoms with Crippen molar-refractivity contribution in [3.8, 4) is 0 Å². The third-order valence-electron chi connectivity index (χ3n) is 1.97. The van der Waals surface area contributed by atoms with Crippen LogP contribution in [0.4, 0.5) is 5.69 Å². The average molecular weight is 208 g/mol. The standard InChI is InChI=1S/C11H16N2S/c1-8-3-5-10(6-4-8)13-9(2)7-11(12)14/h3-6,9,13H,7H2,1-2H3,(H2,12,14). The molecule has 14 heavy (non-hydrogen) atoms. The normalized spacial score (nSPS) is 12.1. The maximum atomic E-state index is 5.46. The second-order valence-electron chi connectivity index (χ2n) is 3.58. The summed E-state index contributed by atoms with van der Waals surface area (Å²) in [5.41, 5.74) is 7.83. The van der Waals surface area contributed by atoms with Gasteiger partial charge in [0.05, 0.1) is 4.99 Å². The van der Waals surface area contributed by atoms with Gasteiger partial charge in [0, 0.05) is 18.2 Å². The van der Waals surface area contributed by atoms with Crippen LogP contribution >= 0.6 is 12.2 Å². The molecule has 0 fully saturated rings. The average Bonchev–Trinajstić information content (AvgIpc) is 2.07. The van der Waals surface area contributed by atoms with Crippen LogP contribution in [0.15, 0.2) is 24.3 Å². The zero-order valence-corrected chi connectivity index (χ0v) is 9.40. The number of thiocarbonyl (C=S) groups is 1. The van der Waals surface area contributed by atoms with Gasteiger partial charge < -0.3 is 11.1 Å². The highest BCUT2D eigenvalue weighted by atomic mass is 32.1. The molecule has 76 valence electrons. The van der Waals surface area contributed by atoms with Gasteiger partial charge in [0.15, 0.2) is 0 Å². The molecule has 0 bridgehead atoms. The summed E-state index contributed by atoms with van der Waals surface area (Å²) in [6, 6.07) is 8.57. The Morgan fingerprint density at radius 2 is 2.00 bits per heavy atom. The van der Waals surface area contributed by atoms with Crippen LogP contribution in [-0.2, 0) is 0 Å². The van der Waals surface area contributed by atoms with E-state index in [9.17, 15) is 0 Å². The highest BCUT2D eigenvalue weighted by Gasteiger charge is 2.02. The number of aryl methyl sites for hydroxylation is 1. The number of nitrogens with two attached hydrogens (primary N) is 1. The van der Waals surface area contributed by atoms with Crippen molar-refractivity contribution in [3.05, 3.63) is 29.8 Å². The Morgan fingerprint density at radius 1 is 1.43 bits per heavy atom. The Hall–Kier alpha value is -1.09. The maximum absolute atomic E-state index is 5.46. The van der Waals surface area contributed by atoms with E-state index < -0.39 is 0 Å². The Balaban J connectivity index is 2.51. The largest absolute Gasteiger partial charge is 0.393 e. The van der Waals surface area contributed by atoms with Gasteiger partial charge in [0.2, 0.25) is 0 Å². The molecule has 1 aromatic rings. The van der Waals surface area contributed by atoms with E-state index in [1.54, 1.807) is 0 Å². The number of rotatable bonds is 4. The lowest BCUT2D eigenvalue weighted by Crippen LogP contribution is -2.22. The van der Waals surface area contributed by atoms with Gasteiger partial charge in [0.1, 0.15) is 0 Å². The topological polar surface area (TPSA) is 38.0 Å². The molecule has 0 aliphatic rings. The number of nitrogens with one attached hydrogen (secondary N) is 1. The van der Waals surface area contributed by atoms with E-state index in [2.05, 4.69) is 43.4 Å². The second-order valence-corrected chi connectivity index (χ2v) is 4.11. The fraction of sp³-hybridized carbons (Fsp3) is 0.364. The molecule has 0 radical (unpaired) electrons. The first kappa shape index (κ1) is 11.0. The number of benzene rings is 1. The minimum atomic E-state index is 0.287. The molecule has 0 aliphatic carbocycles. The highest BCUT2D eigenvalue weighted by molar-refractivity contribution is 7.80. The molecule has 1 atom stereocenters. The summed E-state index contributed by atoms with van der Waals surface area (Å²) >= 11 is 4.85. The predicted octanol–water partition coefficient (Wildman–Crippen LogP) is 2.47. The van der Waals surface area contributed by atoms with Gasteiger partial charge in [-0.25, -0.2) is 0 Å². The first-order valence-corrected chi connectivity index (χ1v) is 5.10. The van der Waals surface area contributed by atoms with E-state index >= 15 is 0 Å². The molecule has 0 aliphatic heterocycles. The van der Waals surface area contributed by atoms with Gasteiger partial charge >= 0.3 is 0 Å². The third kappa shape index (κ3) is 3.75. The van der Waals surface area contributed by atoms with Gasteiger partial charge in [-0.2, -0.15) is 0 Å². The fourth-order valence-electron chi connectivity index (χ4n) is 1.29. The van der Waals surface area contributed by atoms with E-state index in [0.717, 1.165) is 12.1 Å². The minimum absolute atomic E-state index is 0.287. The van der Waals surface area contributed by atoms with Gasteiger partial charge in [-0.05, 0) is 26.0 Å². The van der Waals surface area contributed by atoms with Crippen LogP contribution in [0.5, 0.6) is 0 Å². The zero-order chi connectivity index (χ0) is 10.6. The van der Waals surface area contributed by atoms with E-state index in [1.807, 2.05) is 0 Å². The molecule has 0 saturated heterocycles. The van der Waals surface area contributed by atoms with Crippen molar-refractivity contribution in [2.75, 3.05) is 5.32 Å². The third-order valence-corrected chi connectivity index (χ3v) is 2.14. The lowest BCUT2D eigenvalue weighted by Gasteiger charge is -2.14. The first-order valence-electron chi connectivity index (χ1n) is 4.69. The molecule has 1 unspecified atom stereocenters. The molecule has 3 N–H and O–H groups in total. The summed E-state index contributed by atoms with van der Waals surface area (Å²) in [4.78, 5) is 0.553. The summed E-state index contributed by atoms with van der Waals surface area (Å²) in [5.74, 6) is 0. The second kappa shape index (κ2) is 4.96. The van der Waals surface area contributed by atoms with Crippen molar-refractivity contribution in [1.82, 2.24) is 0 Å². The van der Waals surface area contributed by atoms with Crippen molar-refractivity contribution in [2.24, 2.45) is 5.73 Å². The molecule has 3 heteroatoms. The summed E-state index contributed by atoms with van der Waals surface area (Å²) in [6.45, 7) is 4.14. The van der Waals surface area contributed by atoms with E-state index in [1.165, 1.54) is 5.56 Å². The molecule has 0 amide bonds. The van der Waals surface area contributed by atoms with E-state index in [4.69, 9.17) is 18.0 Å². The van der Waals surface area contributed by atoms with Crippen molar-refractivity contribution in [1.29, 1.82) is 0 Å². The first-order chi connectivity index (χ1) is 6.58. The molecule has 1 aromatic carbocycles. The van der Waals surface area contributed by atoms with Gasteiger partial charge in [-0.1, -0.05) is 29.9 Å². The Labute approximate surface area is 90.5 Å². The molecule has 0 saturated carbocycles. The van der Waals surface area contributed by atoms with Crippen molar-refractivity contribution in [2.45, 2.75) is 26.3 Å². The predicted molar refractivity (Wildman–Crippen MR) is 65.7 cm³/mol. The van der Waals surface area contributed by atoms with Crippen molar-refractivity contribution in [3.63, 3.8) is 0 Å². The summed E-state index contributed by atoms with van der Waals surface area (Å²) in [5, 5.41) is 3.33. The van der Waals surface area contributed by atoms with Crippen molar-refractivity contribution < 1.29 is 0 Å². The Morgan fingerprint density at radius 3 is 2.50 bits per heavy atom. The highest BCUT2D eigenvalue weighted by Crippen LogP contribution is 2.10. The molecule has 0 heterocycles. The zero-order valence-electron chi connectivity index (χ0n) is 8.58. The van der Waals surface area contributed by atoms with Crippen LogP contribution in [0.2, 0.25) is 0 Å². The van der Waals surface area contributed by atoms with Crippen LogP contribution < -0.4 is 11.1 Å². The van der Waals surface area contributed by atoms with Crippen LogP contribution in [-0.4, -0.2) is 11.0 Å². The smallest absolute Gasteiger partial charge is 0.0747 e. The molecule has 1 rings (SSSR count). The summed E-state index contributed by atoms with van der Waals surface area (Å²) in [7, 11) is 0. The van der Waals surface area contributed by atoms with Crippen LogP contribution in [0.25, 0.3) is 0 Å². The molecular formula is C11H16N2S. The number of hydrogen-bond donors (Lipinski definition) is 2. The maximum Gasteiger partial charge on any atom is 0.0747 e. The molecule has 0 spiro atoms. The van der Waals surface area contributed by atoms with E-state index in [0.29, 0.717) is 4.99 Å². The lowest BCUT2D eigenvalue weighted by molar-refractivity contribution is 0.839. The Bertz CT molecular complexity index is 306. The van der Waals surface area contributed by atoms with E-state index in [-0.39, 0.29) is 6.04 Å². The quantitative estimate of drug-likeness (QED) is 0.747. The van der Waals surface area contributed by atoms with Crippen molar-refractivity contribution >= 4 is 22.9 Å².